The Bertz CT molecular complexity index is 1050. The molecule has 0 aliphatic carbocycles. The second-order valence-corrected chi connectivity index (χ2v) is 7.67. The number of hydrogen-bond acceptors (Lipinski definition) is 3. The zero-order valence-corrected chi connectivity index (χ0v) is 18.9. The highest BCUT2D eigenvalue weighted by atomic mass is 16.5. The molecule has 0 unspecified atom stereocenters. The zero-order chi connectivity index (χ0) is 23.3. The molecule has 0 saturated heterocycles. The second-order valence-electron chi connectivity index (χ2n) is 7.67. The van der Waals surface area contributed by atoms with E-state index in [1.54, 1.807) is 60.7 Å². The lowest BCUT2D eigenvalue weighted by molar-refractivity contribution is 0.0548. The standard InChI is InChI=1S/C28H30O4/c1-21(2)11-10-12-22(3)19-20-32-28(31)26-18-9-7-16-24(26)15-5-4-13-23-14-6-8-17-25(23)27(29)30/h4-9,11,13-19H,10,12,20H2,1-3H3,(H,29,30). The molecule has 0 saturated carbocycles. The van der Waals surface area contributed by atoms with E-state index in [0.717, 1.165) is 18.4 Å². The van der Waals surface area contributed by atoms with Crippen LogP contribution in [0.2, 0.25) is 0 Å². The highest BCUT2D eigenvalue weighted by Gasteiger charge is 2.10. The minimum Gasteiger partial charge on any atom is -0.478 e. The summed E-state index contributed by atoms with van der Waals surface area (Å²) in [4.78, 5) is 23.8. The molecule has 0 bridgehead atoms. The quantitative estimate of drug-likeness (QED) is 0.251. The summed E-state index contributed by atoms with van der Waals surface area (Å²) in [5.74, 6) is -1.35. The summed E-state index contributed by atoms with van der Waals surface area (Å²) >= 11 is 0. The number of esters is 1. The first kappa shape index (κ1) is 24.6. The number of carbonyl (C=O) groups is 2. The molecule has 0 fully saturated rings. The van der Waals surface area contributed by atoms with Gasteiger partial charge in [-0.2, -0.15) is 0 Å². The van der Waals surface area contributed by atoms with Crippen LogP contribution in [0.3, 0.4) is 0 Å². The lowest BCUT2D eigenvalue weighted by atomic mass is 10.1. The Morgan fingerprint density at radius 3 is 2.00 bits per heavy atom. The minimum atomic E-state index is -0.969. The third kappa shape index (κ3) is 8.23. The summed E-state index contributed by atoms with van der Waals surface area (Å²) in [5.41, 5.74) is 4.57. The zero-order valence-electron chi connectivity index (χ0n) is 18.9. The first-order chi connectivity index (χ1) is 15.4. The van der Waals surface area contributed by atoms with Crippen LogP contribution in [-0.2, 0) is 4.74 Å². The van der Waals surface area contributed by atoms with Crippen molar-refractivity contribution in [2.24, 2.45) is 0 Å². The number of rotatable bonds is 10. The molecule has 0 spiro atoms. The van der Waals surface area contributed by atoms with Crippen LogP contribution in [0.25, 0.3) is 12.2 Å². The number of allylic oxidation sites excluding steroid dienone is 5. The van der Waals surface area contributed by atoms with Crippen molar-refractivity contribution in [1.29, 1.82) is 0 Å². The molecule has 2 aromatic carbocycles. The maximum atomic E-state index is 12.5. The van der Waals surface area contributed by atoms with Crippen molar-refractivity contribution < 1.29 is 19.4 Å². The fourth-order valence-corrected chi connectivity index (χ4v) is 3.01. The number of benzene rings is 2. The van der Waals surface area contributed by atoms with Gasteiger partial charge in [0.1, 0.15) is 6.61 Å². The van der Waals surface area contributed by atoms with E-state index in [9.17, 15) is 14.7 Å². The van der Waals surface area contributed by atoms with Gasteiger partial charge in [0.15, 0.2) is 0 Å². The largest absolute Gasteiger partial charge is 0.478 e. The van der Waals surface area contributed by atoms with Crippen molar-refractivity contribution in [3.63, 3.8) is 0 Å². The molecule has 0 radical (unpaired) electrons. The predicted molar refractivity (Wildman–Crippen MR) is 131 cm³/mol. The topological polar surface area (TPSA) is 63.6 Å². The lowest BCUT2D eigenvalue weighted by Crippen LogP contribution is -2.07. The Hall–Kier alpha value is -3.66. The van der Waals surface area contributed by atoms with Crippen LogP contribution in [0.4, 0.5) is 0 Å². The van der Waals surface area contributed by atoms with Gasteiger partial charge in [-0.3, -0.25) is 0 Å². The maximum absolute atomic E-state index is 12.5. The molecule has 2 aromatic rings. The highest BCUT2D eigenvalue weighted by Crippen LogP contribution is 2.14. The number of carbonyl (C=O) groups excluding carboxylic acids is 1. The van der Waals surface area contributed by atoms with Crippen LogP contribution in [-0.4, -0.2) is 23.7 Å². The number of carboxylic acid groups (broad SMARTS) is 1. The van der Waals surface area contributed by atoms with Gasteiger partial charge in [0, 0.05) is 0 Å². The third-order valence-electron chi connectivity index (χ3n) is 4.77. The third-order valence-corrected chi connectivity index (χ3v) is 4.77. The molecule has 0 amide bonds. The first-order valence-corrected chi connectivity index (χ1v) is 10.6. The van der Waals surface area contributed by atoms with Crippen molar-refractivity contribution in [3.8, 4) is 0 Å². The fourth-order valence-electron chi connectivity index (χ4n) is 3.01. The molecule has 2 rings (SSSR count). The van der Waals surface area contributed by atoms with Crippen LogP contribution in [0, 0.1) is 0 Å². The Kier molecular flexibility index (Phi) is 9.92. The summed E-state index contributed by atoms with van der Waals surface area (Å²) in [6.45, 7) is 6.44. The molecule has 4 heteroatoms. The van der Waals surface area contributed by atoms with Crippen LogP contribution in [0.1, 0.15) is 65.5 Å². The van der Waals surface area contributed by atoms with Gasteiger partial charge < -0.3 is 9.84 Å². The average Bonchev–Trinajstić information content (AvgIpc) is 2.76. The van der Waals surface area contributed by atoms with Gasteiger partial charge in [-0.05, 0) is 62.9 Å². The van der Waals surface area contributed by atoms with E-state index in [2.05, 4.69) is 19.9 Å². The summed E-state index contributed by atoms with van der Waals surface area (Å²) < 4.78 is 5.44. The smallest absolute Gasteiger partial charge is 0.339 e. The maximum Gasteiger partial charge on any atom is 0.339 e. The SMILES string of the molecule is CC(C)=CCCC(C)=CCOC(=O)c1ccccc1C=CC=Cc1ccccc1C(=O)O. The Morgan fingerprint density at radius 1 is 0.844 bits per heavy atom. The normalized spacial score (nSPS) is 11.7. The van der Waals surface area contributed by atoms with Gasteiger partial charge in [0.25, 0.3) is 0 Å². The molecule has 0 aliphatic heterocycles. The summed E-state index contributed by atoms with van der Waals surface area (Å²) in [6, 6.07) is 14.0. The predicted octanol–water partition coefficient (Wildman–Crippen LogP) is 6.96. The van der Waals surface area contributed by atoms with Crippen LogP contribution >= 0.6 is 0 Å². The number of hydrogen-bond donors (Lipinski definition) is 1. The van der Waals surface area contributed by atoms with Gasteiger partial charge in [-0.1, -0.05) is 77.9 Å². The van der Waals surface area contributed by atoms with Crippen LogP contribution in [0.15, 0.2) is 84.0 Å². The van der Waals surface area contributed by atoms with Crippen LogP contribution < -0.4 is 0 Å². The second kappa shape index (κ2) is 12.9. The molecule has 166 valence electrons. The van der Waals surface area contributed by atoms with Gasteiger partial charge in [0.05, 0.1) is 11.1 Å². The Morgan fingerprint density at radius 2 is 1.41 bits per heavy atom. The van der Waals surface area contributed by atoms with Crippen LogP contribution in [0.5, 0.6) is 0 Å². The van der Waals surface area contributed by atoms with Crippen molar-refractivity contribution in [1.82, 2.24) is 0 Å². The Balaban J connectivity index is 2.01. The average molecular weight is 431 g/mol. The first-order valence-electron chi connectivity index (χ1n) is 10.6. The van der Waals surface area contributed by atoms with E-state index >= 15 is 0 Å². The minimum absolute atomic E-state index is 0.239. The monoisotopic (exact) mass is 430 g/mol. The molecule has 0 aliphatic rings. The molecule has 1 N–H and O–H groups in total. The summed E-state index contributed by atoms with van der Waals surface area (Å²) in [5, 5.41) is 9.26. The molecular formula is C28H30O4. The van der Waals surface area contributed by atoms with E-state index in [-0.39, 0.29) is 18.1 Å². The van der Waals surface area contributed by atoms with E-state index in [4.69, 9.17) is 4.74 Å². The van der Waals surface area contributed by atoms with E-state index in [0.29, 0.717) is 11.1 Å². The van der Waals surface area contributed by atoms with Gasteiger partial charge in [-0.15, -0.1) is 0 Å². The molecule has 0 heterocycles. The fraction of sp³-hybridized carbons (Fsp3) is 0.214. The van der Waals surface area contributed by atoms with E-state index in [1.807, 2.05) is 25.1 Å². The van der Waals surface area contributed by atoms with Crippen molar-refractivity contribution >= 4 is 24.1 Å². The Labute approximate surface area is 190 Å². The lowest BCUT2D eigenvalue weighted by Gasteiger charge is -2.06. The molecule has 0 atom stereocenters. The van der Waals surface area contributed by atoms with Gasteiger partial charge in [0.2, 0.25) is 0 Å². The number of ether oxygens (including phenoxy) is 1. The highest BCUT2D eigenvalue weighted by molar-refractivity contribution is 5.94. The molecule has 4 nitrogen and oxygen atoms in total. The summed E-state index contributed by atoms with van der Waals surface area (Å²) in [6.07, 6.45) is 13.1. The van der Waals surface area contributed by atoms with Gasteiger partial charge in [-0.25, -0.2) is 9.59 Å². The molecule has 32 heavy (non-hydrogen) atoms. The number of aromatic carboxylic acids is 1. The van der Waals surface area contributed by atoms with Crippen molar-refractivity contribution in [2.75, 3.05) is 6.61 Å². The number of carboxylic acids is 1. The van der Waals surface area contributed by atoms with Crippen molar-refractivity contribution in [2.45, 2.75) is 33.6 Å². The summed E-state index contributed by atoms with van der Waals surface area (Å²) in [7, 11) is 0. The van der Waals surface area contributed by atoms with Crippen molar-refractivity contribution in [3.05, 3.63) is 106 Å². The molecule has 0 aromatic heterocycles. The van der Waals surface area contributed by atoms with Gasteiger partial charge >= 0.3 is 11.9 Å². The van der Waals surface area contributed by atoms with E-state index < -0.39 is 5.97 Å². The molecular weight excluding hydrogens is 400 g/mol. The van der Waals surface area contributed by atoms with E-state index in [1.165, 1.54) is 11.1 Å².